The summed E-state index contributed by atoms with van der Waals surface area (Å²) in [5.41, 5.74) is 5.89. The van der Waals surface area contributed by atoms with Gasteiger partial charge < -0.3 is 5.73 Å². The van der Waals surface area contributed by atoms with Crippen LogP contribution >= 0.6 is 0 Å². The maximum absolute atomic E-state index is 12.9. The first-order valence-corrected chi connectivity index (χ1v) is 6.85. The third-order valence-electron chi connectivity index (χ3n) is 3.01. The second-order valence-electron chi connectivity index (χ2n) is 4.33. The quantitative estimate of drug-likeness (QED) is 0.868. The lowest BCUT2D eigenvalue weighted by Gasteiger charge is -2.37. The van der Waals surface area contributed by atoms with E-state index in [1.165, 1.54) is 22.5 Å². The number of halogens is 1. The Kier molecular flexibility index (Phi) is 3.20. The molecule has 0 bridgehead atoms. The molecule has 17 heavy (non-hydrogen) atoms. The van der Waals surface area contributed by atoms with E-state index in [-0.39, 0.29) is 10.8 Å². The van der Waals surface area contributed by atoms with Gasteiger partial charge in [-0.15, -0.1) is 0 Å². The second kappa shape index (κ2) is 4.36. The van der Waals surface area contributed by atoms with E-state index in [0.717, 1.165) is 0 Å². The summed E-state index contributed by atoms with van der Waals surface area (Å²) in [6, 6.07) is 3.71. The molecular weight excluding hydrogens is 243 g/mol. The summed E-state index contributed by atoms with van der Waals surface area (Å²) in [6.45, 7) is 3.00. The van der Waals surface area contributed by atoms with Gasteiger partial charge >= 0.3 is 0 Å². The fourth-order valence-electron chi connectivity index (χ4n) is 1.91. The zero-order valence-corrected chi connectivity index (χ0v) is 10.4. The molecule has 2 N–H and O–H groups in total. The Bertz CT molecular complexity index is 524. The van der Waals surface area contributed by atoms with Gasteiger partial charge in [0, 0.05) is 13.1 Å². The minimum absolute atomic E-state index is 0.175. The van der Waals surface area contributed by atoms with Crippen LogP contribution in [0.1, 0.15) is 5.56 Å². The monoisotopic (exact) mass is 258 g/mol. The lowest BCUT2D eigenvalue weighted by molar-refractivity contribution is 0.207. The highest BCUT2D eigenvalue weighted by atomic mass is 32.2. The van der Waals surface area contributed by atoms with E-state index in [4.69, 9.17) is 5.73 Å². The fraction of sp³-hybridized carbons (Fsp3) is 0.455. The van der Waals surface area contributed by atoms with Crippen molar-refractivity contribution >= 4 is 10.0 Å². The number of hydrogen-bond donors (Lipinski definition) is 1. The predicted molar refractivity (Wildman–Crippen MR) is 62.4 cm³/mol. The van der Waals surface area contributed by atoms with Gasteiger partial charge in [0.15, 0.2) is 0 Å². The van der Waals surface area contributed by atoms with Gasteiger partial charge in [-0.2, -0.15) is 4.31 Å². The molecule has 0 amide bonds. The standard InChI is InChI=1S/C11H15FN2O2S/c1-8-4-10(12)2-3-11(8)17(15,16)14-6-9(5-13)7-14/h2-4,9H,5-7,13H2,1H3. The van der Waals surface area contributed by atoms with Crippen molar-refractivity contribution in [3.8, 4) is 0 Å². The van der Waals surface area contributed by atoms with Crippen LogP contribution in [-0.4, -0.2) is 32.4 Å². The molecule has 6 heteroatoms. The lowest BCUT2D eigenvalue weighted by atomic mass is 10.0. The van der Waals surface area contributed by atoms with E-state index in [1.54, 1.807) is 6.92 Å². The van der Waals surface area contributed by atoms with Crippen LogP contribution in [0.15, 0.2) is 23.1 Å². The van der Waals surface area contributed by atoms with E-state index in [1.807, 2.05) is 0 Å². The van der Waals surface area contributed by atoms with E-state index >= 15 is 0 Å². The zero-order valence-electron chi connectivity index (χ0n) is 9.56. The molecule has 0 unspecified atom stereocenters. The van der Waals surface area contributed by atoms with Crippen LogP contribution in [0.2, 0.25) is 0 Å². The highest BCUT2D eigenvalue weighted by Gasteiger charge is 2.36. The Balaban J connectivity index is 2.27. The smallest absolute Gasteiger partial charge is 0.243 e. The van der Waals surface area contributed by atoms with Gasteiger partial charge in [-0.1, -0.05) is 0 Å². The molecule has 0 aromatic heterocycles. The first kappa shape index (κ1) is 12.5. The number of nitrogens with zero attached hydrogens (tertiary/aromatic N) is 1. The van der Waals surface area contributed by atoms with E-state index in [9.17, 15) is 12.8 Å². The third kappa shape index (κ3) is 2.20. The van der Waals surface area contributed by atoms with Crippen LogP contribution in [0.4, 0.5) is 4.39 Å². The van der Waals surface area contributed by atoms with Crippen molar-refractivity contribution in [1.82, 2.24) is 4.31 Å². The molecule has 1 aromatic rings. The molecule has 0 spiro atoms. The Morgan fingerprint density at radius 3 is 2.65 bits per heavy atom. The average Bonchev–Trinajstić information content (AvgIpc) is 2.14. The fourth-order valence-corrected chi connectivity index (χ4v) is 3.71. The van der Waals surface area contributed by atoms with Gasteiger partial charge in [0.2, 0.25) is 10.0 Å². The van der Waals surface area contributed by atoms with Crippen LogP contribution in [0.25, 0.3) is 0 Å². The molecule has 0 atom stereocenters. The summed E-state index contributed by atoms with van der Waals surface area (Å²) in [4.78, 5) is 0.175. The van der Waals surface area contributed by atoms with Crippen LogP contribution in [0.3, 0.4) is 0 Å². The van der Waals surface area contributed by atoms with Crippen LogP contribution in [-0.2, 0) is 10.0 Å². The van der Waals surface area contributed by atoms with Crippen molar-refractivity contribution in [1.29, 1.82) is 0 Å². The highest BCUT2D eigenvalue weighted by Crippen LogP contribution is 2.26. The SMILES string of the molecule is Cc1cc(F)ccc1S(=O)(=O)N1CC(CN)C1. The molecule has 1 aliphatic heterocycles. The van der Waals surface area contributed by atoms with Crippen molar-refractivity contribution in [2.75, 3.05) is 19.6 Å². The van der Waals surface area contributed by atoms with Crippen molar-refractivity contribution in [2.24, 2.45) is 11.7 Å². The Hall–Kier alpha value is -0.980. The molecule has 0 saturated carbocycles. The van der Waals surface area contributed by atoms with Gasteiger partial charge in [-0.05, 0) is 43.1 Å². The molecular formula is C11H15FN2O2S. The number of nitrogens with two attached hydrogens (primary N) is 1. The Labute approximate surface area is 100 Å². The van der Waals surface area contributed by atoms with Crippen molar-refractivity contribution in [2.45, 2.75) is 11.8 Å². The molecule has 1 aliphatic rings. The molecule has 0 aliphatic carbocycles. The maximum atomic E-state index is 12.9. The topological polar surface area (TPSA) is 63.4 Å². The summed E-state index contributed by atoms with van der Waals surface area (Å²) in [5, 5.41) is 0. The molecule has 1 fully saturated rings. The molecule has 94 valence electrons. The van der Waals surface area contributed by atoms with Gasteiger partial charge in [-0.3, -0.25) is 0 Å². The normalized spacial score (nSPS) is 18.1. The van der Waals surface area contributed by atoms with E-state index in [2.05, 4.69) is 0 Å². The maximum Gasteiger partial charge on any atom is 0.243 e. The Morgan fingerprint density at radius 1 is 1.47 bits per heavy atom. The van der Waals surface area contributed by atoms with E-state index in [0.29, 0.717) is 25.2 Å². The van der Waals surface area contributed by atoms with Crippen molar-refractivity contribution < 1.29 is 12.8 Å². The van der Waals surface area contributed by atoms with Crippen molar-refractivity contribution in [3.05, 3.63) is 29.6 Å². The number of aryl methyl sites for hydroxylation is 1. The number of benzene rings is 1. The minimum atomic E-state index is -3.48. The second-order valence-corrected chi connectivity index (χ2v) is 6.24. The summed E-state index contributed by atoms with van der Waals surface area (Å²) in [6.07, 6.45) is 0. The van der Waals surface area contributed by atoms with E-state index < -0.39 is 15.8 Å². The number of rotatable bonds is 3. The summed E-state index contributed by atoms with van der Waals surface area (Å²) in [5.74, 6) is -0.185. The van der Waals surface area contributed by atoms with Crippen LogP contribution in [0, 0.1) is 18.7 Å². The third-order valence-corrected chi connectivity index (χ3v) is 5.00. The Morgan fingerprint density at radius 2 is 2.12 bits per heavy atom. The van der Waals surface area contributed by atoms with Gasteiger partial charge in [0.1, 0.15) is 5.82 Å². The van der Waals surface area contributed by atoms with Gasteiger partial charge in [0.05, 0.1) is 4.90 Å². The molecule has 0 radical (unpaired) electrons. The van der Waals surface area contributed by atoms with Crippen LogP contribution < -0.4 is 5.73 Å². The molecule has 1 saturated heterocycles. The lowest BCUT2D eigenvalue weighted by Crippen LogP contribution is -2.52. The van der Waals surface area contributed by atoms with Gasteiger partial charge in [0.25, 0.3) is 0 Å². The summed E-state index contributed by atoms with van der Waals surface area (Å²) < 4.78 is 38.6. The summed E-state index contributed by atoms with van der Waals surface area (Å²) in [7, 11) is -3.48. The highest BCUT2D eigenvalue weighted by molar-refractivity contribution is 7.89. The molecule has 1 aromatic carbocycles. The molecule has 2 rings (SSSR count). The molecule has 1 heterocycles. The van der Waals surface area contributed by atoms with Gasteiger partial charge in [-0.25, -0.2) is 12.8 Å². The number of hydrogen-bond acceptors (Lipinski definition) is 3. The first-order valence-electron chi connectivity index (χ1n) is 5.41. The number of sulfonamides is 1. The zero-order chi connectivity index (χ0) is 12.6. The first-order chi connectivity index (χ1) is 7.95. The minimum Gasteiger partial charge on any atom is -0.330 e. The van der Waals surface area contributed by atoms with Crippen LogP contribution in [0.5, 0.6) is 0 Å². The van der Waals surface area contributed by atoms with Crippen molar-refractivity contribution in [3.63, 3.8) is 0 Å². The molecule has 4 nitrogen and oxygen atoms in total. The average molecular weight is 258 g/mol. The largest absolute Gasteiger partial charge is 0.330 e. The predicted octanol–water partition coefficient (Wildman–Crippen LogP) is 0.713. The summed E-state index contributed by atoms with van der Waals surface area (Å²) >= 11 is 0.